The van der Waals surface area contributed by atoms with Gasteiger partial charge in [-0.2, -0.15) is 8.78 Å². The van der Waals surface area contributed by atoms with E-state index >= 15 is 0 Å². The summed E-state index contributed by atoms with van der Waals surface area (Å²) in [5, 5.41) is 12.6. The minimum atomic E-state index is -3.06. The number of hydrogen-bond donors (Lipinski definition) is 2. The summed E-state index contributed by atoms with van der Waals surface area (Å²) in [5.41, 5.74) is 2.96. The molecule has 9 heteroatoms. The molecule has 158 valence electrons. The number of alkyl halides is 2. The summed E-state index contributed by atoms with van der Waals surface area (Å²) in [6.45, 7) is -1.92. The Balaban J connectivity index is 2.17. The van der Waals surface area contributed by atoms with Gasteiger partial charge in [-0.1, -0.05) is 23.7 Å². The Kier molecular flexibility index (Phi) is 6.56. The third kappa shape index (κ3) is 4.71. The molecule has 2 aromatic carbocycles. The molecule has 0 radical (unpaired) electrons. The number of aromatic nitrogens is 1. The van der Waals surface area contributed by atoms with E-state index in [0.717, 1.165) is 11.3 Å². The van der Waals surface area contributed by atoms with Crippen LogP contribution in [0.3, 0.4) is 0 Å². The highest BCUT2D eigenvalue weighted by atomic mass is 35.5. The number of fused-ring (bicyclic) bond motifs is 1. The lowest BCUT2D eigenvalue weighted by Gasteiger charge is -2.18. The normalized spacial score (nSPS) is 11.0. The molecule has 3 aromatic rings. The average Bonchev–Trinajstić information content (AvgIpc) is 2.70. The van der Waals surface area contributed by atoms with E-state index in [1.807, 2.05) is 24.3 Å². The number of benzene rings is 2. The molecular weight excluding hydrogens is 418 g/mol. The van der Waals surface area contributed by atoms with Gasteiger partial charge >= 0.3 is 12.6 Å². The summed E-state index contributed by atoms with van der Waals surface area (Å²) in [7, 11) is 1.80. The number of carboxylic acid groups (broad SMARTS) is 1. The number of aryl methyl sites for hydroxylation is 1. The fourth-order valence-corrected chi connectivity index (χ4v) is 3.34. The van der Waals surface area contributed by atoms with E-state index in [9.17, 15) is 13.6 Å². The van der Waals surface area contributed by atoms with Crippen molar-refractivity contribution in [3.63, 3.8) is 0 Å². The molecule has 0 saturated heterocycles. The molecule has 6 nitrogen and oxygen atoms in total. The van der Waals surface area contributed by atoms with E-state index < -0.39 is 19.2 Å². The van der Waals surface area contributed by atoms with Crippen LogP contribution in [0.4, 0.5) is 14.5 Å². The van der Waals surface area contributed by atoms with E-state index in [-0.39, 0.29) is 28.6 Å². The van der Waals surface area contributed by atoms with Crippen molar-refractivity contribution in [3.05, 3.63) is 58.1 Å². The third-order valence-electron chi connectivity index (χ3n) is 4.57. The second kappa shape index (κ2) is 9.13. The molecule has 0 aliphatic rings. The second-order valence-electron chi connectivity index (χ2n) is 6.47. The van der Waals surface area contributed by atoms with Gasteiger partial charge in [0.1, 0.15) is 5.75 Å². The topological polar surface area (TPSA) is 80.7 Å². The van der Waals surface area contributed by atoms with Crippen LogP contribution in [0, 0.1) is 6.92 Å². The highest BCUT2D eigenvalue weighted by molar-refractivity contribution is 6.35. The maximum atomic E-state index is 13.1. The zero-order chi connectivity index (χ0) is 21.8. The number of aliphatic carboxylic acids is 1. The first-order valence-corrected chi connectivity index (χ1v) is 9.35. The van der Waals surface area contributed by atoms with Crippen LogP contribution in [0.15, 0.2) is 36.4 Å². The molecule has 1 heterocycles. The quantitative estimate of drug-likeness (QED) is 0.523. The van der Waals surface area contributed by atoms with Crippen molar-refractivity contribution in [2.75, 3.05) is 19.0 Å². The van der Waals surface area contributed by atoms with Gasteiger partial charge in [-0.15, -0.1) is 0 Å². The summed E-state index contributed by atoms with van der Waals surface area (Å²) in [6, 6.07) is 10.5. The minimum Gasteiger partial charge on any atom is -0.481 e. The Morgan fingerprint density at radius 3 is 2.53 bits per heavy atom. The number of halogens is 3. The van der Waals surface area contributed by atoms with Gasteiger partial charge in [0, 0.05) is 30.1 Å². The number of carboxylic acids is 1. The average molecular weight is 437 g/mol. The van der Waals surface area contributed by atoms with Gasteiger partial charge in [-0.3, -0.25) is 0 Å². The van der Waals surface area contributed by atoms with E-state index in [1.165, 1.54) is 12.1 Å². The molecule has 0 aliphatic carbocycles. The number of carbonyl (C=O) groups is 1. The molecule has 0 aliphatic heterocycles. The Morgan fingerprint density at radius 1 is 1.23 bits per heavy atom. The standard InChI is InChI=1S/C21H19ClF2N2O4/c1-11-14(9-12-3-5-13(25-2)6-4-12)20(30-21(23)24)26-19-15(22)7-8-16(18(11)19)29-10-17(27)28/h3-8,21,25H,9-10H2,1-2H3,(H,27,28). The fraction of sp³-hybridized carbons (Fsp3) is 0.238. The van der Waals surface area contributed by atoms with E-state index in [4.69, 9.17) is 26.2 Å². The van der Waals surface area contributed by atoms with Crippen LogP contribution in [0.5, 0.6) is 11.6 Å². The van der Waals surface area contributed by atoms with Crippen LogP contribution in [-0.4, -0.2) is 36.3 Å². The molecule has 0 saturated carbocycles. The predicted octanol–water partition coefficient (Wildman–Crippen LogP) is 4.89. The number of hydrogen-bond acceptors (Lipinski definition) is 5. The summed E-state index contributed by atoms with van der Waals surface area (Å²) in [5.74, 6) is -1.13. The third-order valence-corrected chi connectivity index (χ3v) is 4.87. The van der Waals surface area contributed by atoms with Crippen molar-refractivity contribution in [3.8, 4) is 11.6 Å². The van der Waals surface area contributed by atoms with Crippen LogP contribution < -0.4 is 14.8 Å². The zero-order valence-corrected chi connectivity index (χ0v) is 17.0. The number of anilines is 1. The van der Waals surface area contributed by atoms with E-state index in [2.05, 4.69) is 10.3 Å². The minimum absolute atomic E-state index is 0.196. The SMILES string of the molecule is CNc1ccc(Cc2c(OC(F)F)nc3c(Cl)ccc(OCC(=O)O)c3c2C)cc1. The lowest BCUT2D eigenvalue weighted by Crippen LogP contribution is -2.11. The Bertz CT molecular complexity index is 1080. The number of nitrogens with one attached hydrogen (secondary N) is 1. The molecule has 0 bridgehead atoms. The molecule has 3 rings (SSSR count). The highest BCUT2D eigenvalue weighted by Crippen LogP contribution is 2.38. The van der Waals surface area contributed by atoms with Gasteiger partial charge in [0.15, 0.2) is 6.61 Å². The maximum Gasteiger partial charge on any atom is 0.388 e. The lowest BCUT2D eigenvalue weighted by molar-refractivity contribution is -0.139. The number of ether oxygens (including phenoxy) is 2. The molecular formula is C21H19ClF2N2O4. The van der Waals surface area contributed by atoms with E-state index in [1.54, 1.807) is 14.0 Å². The zero-order valence-electron chi connectivity index (χ0n) is 16.2. The van der Waals surface area contributed by atoms with Crippen LogP contribution in [0.2, 0.25) is 5.02 Å². The van der Waals surface area contributed by atoms with Gasteiger partial charge in [-0.25, -0.2) is 9.78 Å². The highest BCUT2D eigenvalue weighted by Gasteiger charge is 2.21. The number of pyridine rings is 1. The van der Waals surface area contributed by atoms with Crippen LogP contribution >= 0.6 is 11.6 Å². The summed E-state index contributed by atoms with van der Waals surface area (Å²) < 4.78 is 36.2. The Morgan fingerprint density at radius 2 is 1.93 bits per heavy atom. The first kappa shape index (κ1) is 21.6. The van der Waals surface area contributed by atoms with Gasteiger partial charge in [0.05, 0.1) is 10.5 Å². The summed E-state index contributed by atoms with van der Waals surface area (Å²) in [4.78, 5) is 15.1. The largest absolute Gasteiger partial charge is 0.481 e. The molecule has 30 heavy (non-hydrogen) atoms. The van der Waals surface area contributed by atoms with Crippen molar-refractivity contribution in [1.29, 1.82) is 0 Å². The van der Waals surface area contributed by atoms with Gasteiger partial charge in [0.2, 0.25) is 5.88 Å². The smallest absolute Gasteiger partial charge is 0.388 e. The number of nitrogens with zero attached hydrogens (tertiary/aromatic N) is 1. The fourth-order valence-electron chi connectivity index (χ4n) is 3.14. The van der Waals surface area contributed by atoms with Crippen molar-refractivity contribution in [1.82, 2.24) is 4.98 Å². The second-order valence-corrected chi connectivity index (χ2v) is 6.88. The first-order valence-electron chi connectivity index (χ1n) is 8.98. The molecule has 0 unspecified atom stereocenters. The van der Waals surface area contributed by atoms with Crippen molar-refractivity contribution in [2.24, 2.45) is 0 Å². The van der Waals surface area contributed by atoms with Crippen LogP contribution in [0.25, 0.3) is 10.9 Å². The van der Waals surface area contributed by atoms with Crippen molar-refractivity contribution >= 4 is 34.2 Å². The predicted molar refractivity (Wildman–Crippen MR) is 110 cm³/mol. The first-order chi connectivity index (χ1) is 14.3. The Hall–Kier alpha value is -3.13. The Labute approximate surface area is 176 Å². The lowest BCUT2D eigenvalue weighted by atomic mass is 9.97. The molecule has 0 fully saturated rings. The van der Waals surface area contributed by atoms with Gasteiger partial charge in [0.25, 0.3) is 0 Å². The molecule has 0 spiro atoms. The molecule has 0 amide bonds. The molecule has 0 atom stereocenters. The van der Waals surface area contributed by atoms with Crippen LogP contribution in [-0.2, 0) is 11.2 Å². The number of rotatable bonds is 8. The van der Waals surface area contributed by atoms with Gasteiger partial charge < -0.3 is 19.9 Å². The van der Waals surface area contributed by atoms with E-state index in [0.29, 0.717) is 16.5 Å². The summed E-state index contributed by atoms with van der Waals surface area (Å²) >= 11 is 6.23. The van der Waals surface area contributed by atoms with Crippen LogP contribution in [0.1, 0.15) is 16.7 Å². The summed E-state index contributed by atoms with van der Waals surface area (Å²) in [6.07, 6.45) is 0.270. The van der Waals surface area contributed by atoms with Crippen molar-refractivity contribution in [2.45, 2.75) is 20.0 Å². The molecule has 1 aromatic heterocycles. The molecule has 2 N–H and O–H groups in total. The monoisotopic (exact) mass is 436 g/mol. The van der Waals surface area contributed by atoms with Gasteiger partial charge in [-0.05, 0) is 42.3 Å². The maximum absolute atomic E-state index is 13.1. The van der Waals surface area contributed by atoms with Crippen molar-refractivity contribution < 1.29 is 28.2 Å².